The van der Waals surface area contributed by atoms with Crippen LogP contribution >= 0.6 is 11.6 Å². The fraction of sp³-hybridized carbons (Fsp3) is 0.318. The van der Waals surface area contributed by atoms with E-state index in [4.69, 9.17) is 11.6 Å². The van der Waals surface area contributed by atoms with Gasteiger partial charge in [0, 0.05) is 17.0 Å². The number of benzene rings is 2. The SMILES string of the molecule is CC1(c2ccc(Cl)cc2)NC(=O)N(CC(=O)NCC2(c3ccccc3)CC2)C1=O. The Balaban J connectivity index is 1.40. The molecule has 2 aromatic carbocycles. The van der Waals surface area contributed by atoms with Gasteiger partial charge in [-0.2, -0.15) is 0 Å². The minimum atomic E-state index is -1.22. The summed E-state index contributed by atoms with van der Waals surface area (Å²) in [6.45, 7) is 1.82. The van der Waals surface area contributed by atoms with E-state index in [0.29, 0.717) is 17.1 Å². The van der Waals surface area contributed by atoms with Gasteiger partial charge in [-0.05, 0) is 43.0 Å². The molecule has 0 radical (unpaired) electrons. The number of imide groups is 1. The second-order valence-electron chi connectivity index (χ2n) is 7.88. The van der Waals surface area contributed by atoms with Crippen LogP contribution in [0.5, 0.6) is 0 Å². The van der Waals surface area contributed by atoms with Crippen LogP contribution in [0, 0.1) is 0 Å². The molecule has 2 aliphatic rings. The minimum Gasteiger partial charge on any atom is -0.354 e. The summed E-state index contributed by atoms with van der Waals surface area (Å²) in [6.07, 6.45) is 2.02. The van der Waals surface area contributed by atoms with Gasteiger partial charge in [-0.15, -0.1) is 0 Å². The van der Waals surface area contributed by atoms with Crippen molar-refractivity contribution in [2.45, 2.75) is 30.7 Å². The van der Waals surface area contributed by atoms with Crippen molar-refractivity contribution < 1.29 is 14.4 Å². The maximum atomic E-state index is 12.9. The smallest absolute Gasteiger partial charge is 0.325 e. The second kappa shape index (κ2) is 7.19. The predicted molar refractivity (Wildman–Crippen MR) is 109 cm³/mol. The molecule has 1 aliphatic carbocycles. The lowest BCUT2D eigenvalue weighted by Crippen LogP contribution is -2.44. The summed E-state index contributed by atoms with van der Waals surface area (Å²) in [6, 6.07) is 16.2. The topological polar surface area (TPSA) is 78.5 Å². The summed E-state index contributed by atoms with van der Waals surface area (Å²) in [5, 5.41) is 6.13. The number of hydrogen-bond donors (Lipinski definition) is 2. The highest BCUT2D eigenvalue weighted by Gasteiger charge is 2.50. The number of nitrogens with one attached hydrogen (secondary N) is 2. The lowest BCUT2D eigenvalue weighted by molar-refractivity contribution is -0.134. The Morgan fingerprint density at radius 2 is 1.72 bits per heavy atom. The lowest BCUT2D eigenvalue weighted by atomic mass is 9.92. The van der Waals surface area contributed by atoms with E-state index in [1.807, 2.05) is 18.2 Å². The second-order valence-corrected chi connectivity index (χ2v) is 8.31. The van der Waals surface area contributed by atoms with E-state index in [1.54, 1.807) is 31.2 Å². The molecule has 2 N–H and O–H groups in total. The Bertz CT molecular complexity index is 957. The number of hydrogen-bond acceptors (Lipinski definition) is 3. The average Bonchev–Trinajstić information content (AvgIpc) is 3.48. The van der Waals surface area contributed by atoms with E-state index in [-0.39, 0.29) is 17.9 Å². The molecular weight excluding hydrogens is 390 g/mol. The quantitative estimate of drug-likeness (QED) is 0.717. The van der Waals surface area contributed by atoms with Gasteiger partial charge in [0.2, 0.25) is 5.91 Å². The van der Waals surface area contributed by atoms with E-state index < -0.39 is 17.5 Å². The summed E-state index contributed by atoms with van der Waals surface area (Å²) in [7, 11) is 0. The van der Waals surface area contributed by atoms with Crippen molar-refractivity contribution in [1.29, 1.82) is 0 Å². The molecule has 1 aliphatic heterocycles. The standard InChI is InChI=1S/C22H22ClN3O3/c1-21(15-7-9-17(23)10-8-15)19(28)26(20(29)25-21)13-18(27)24-14-22(11-12-22)16-5-3-2-4-6-16/h2-10H,11-14H2,1H3,(H,24,27)(H,25,29). The molecule has 0 spiro atoms. The van der Waals surface area contributed by atoms with Gasteiger partial charge < -0.3 is 10.6 Å². The molecule has 4 rings (SSSR count). The van der Waals surface area contributed by atoms with Crippen LogP contribution in [0.3, 0.4) is 0 Å². The number of amides is 4. The first-order chi connectivity index (χ1) is 13.8. The van der Waals surface area contributed by atoms with Crippen molar-refractivity contribution in [3.05, 3.63) is 70.7 Å². The Hall–Kier alpha value is -2.86. The van der Waals surface area contributed by atoms with E-state index >= 15 is 0 Å². The van der Waals surface area contributed by atoms with Gasteiger partial charge in [0.05, 0.1) is 0 Å². The van der Waals surface area contributed by atoms with Crippen molar-refractivity contribution in [2.24, 2.45) is 0 Å². The zero-order chi connectivity index (χ0) is 20.6. The van der Waals surface area contributed by atoms with Crippen molar-refractivity contribution >= 4 is 29.4 Å². The van der Waals surface area contributed by atoms with Gasteiger partial charge in [-0.1, -0.05) is 54.1 Å². The van der Waals surface area contributed by atoms with Crippen molar-refractivity contribution in [3.63, 3.8) is 0 Å². The summed E-state index contributed by atoms with van der Waals surface area (Å²) in [5.41, 5.74) is 0.560. The number of carbonyl (C=O) groups excluding carboxylic acids is 3. The molecule has 7 heteroatoms. The van der Waals surface area contributed by atoms with Gasteiger partial charge in [0.25, 0.3) is 5.91 Å². The zero-order valence-corrected chi connectivity index (χ0v) is 16.8. The van der Waals surface area contributed by atoms with Crippen molar-refractivity contribution in [1.82, 2.24) is 15.5 Å². The molecule has 1 saturated heterocycles. The normalized spacial score (nSPS) is 22.3. The van der Waals surface area contributed by atoms with Gasteiger partial charge in [0.15, 0.2) is 0 Å². The van der Waals surface area contributed by atoms with Gasteiger partial charge in [-0.25, -0.2) is 4.79 Å². The zero-order valence-electron chi connectivity index (χ0n) is 16.1. The highest BCUT2D eigenvalue weighted by molar-refractivity contribution is 6.30. The first-order valence-corrected chi connectivity index (χ1v) is 9.94. The first-order valence-electron chi connectivity index (χ1n) is 9.56. The maximum Gasteiger partial charge on any atom is 0.325 e. The molecule has 2 aromatic rings. The Kier molecular flexibility index (Phi) is 4.82. The van der Waals surface area contributed by atoms with Crippen LogP contribution in [0.1, 0.15) is 30.9 Å². The molecule has 6 nitrogen and oxygen atoms in total. The fourth-order valence-electron chi connectivity index (χ4n) is 3.80. The minimum absolute atomic E-state index is 0.0357. The van der Waals surface area contributed by atoms with Crippen LogP contribution in [0.2, 0.25) is 5.02 Å². The van der Waals surface area contributed by atoms with Gasteiger partial charge >= 0.3 is 6.03 Å². The summed E-state index contributed by atoms with van der Waals surface area (Å²) in [5.74, 6) is -0.805. The molecule has 0 aromatic heterocycles. The number of nitrogens with zero attached hydrogens (tertiary/aromatic N) is 1. The predicted octanol–water partition coefficient (Wildman–Crippen LogP) is 2.96. The van der Waals surface area contributed by atoms with E-state index in [9.17, 15) is 14.4 Å². The Morgan fingerprint density at radius 1 is 1.07 bits per heavy atom. The molecule has 1 unspecified atom stereocenters. The molecule has 4 amide bonds. The number of halogens is 1. The average molecular weight is 412 g/mol. The van der Waals surface area contributed by atoms with E-state index in [1.165, 1.54) is 5.56 Å². The highest BCUT2D eigenvalue weighted by Crippen LogP contribution is 2.47. The lowest BCUT2D eigenvalue weighted by Gasteiger charge is -2.22. The molecule has 1 heterocycles. The molecule has 1 saturated carbocycles. The summed E-state index contributed by atoms with van der Waals surface area (Å²) < 4.78 is 0. The Morgan fingerprint density at radius 3 is 2.34 bits per heavy atom. The largest absolute Gasteiger partial charge is 0.354 e. The van der Waals surface area contributed by atoms with E-state index in [0.717, 1.165) is 17.7 Å². The number of rotatable bonds is 6. The maximum absolute atomic E-state index is 12.9. The third-order valence-electron chi connectivity index (χ3n) is 5.86. The molecule has 29 heavy (non-hydrogen) atoms. The van der Waals surface area contributed by atoms with Crippen LogP contribution in [-0.4, -0.2) is 35.8 Å². The molecular formula is C22H22ClN3O3. The first kappa shape index (κ1) is 19.5. The van der Waals surface area contributed by atoms with Crippen LogP contribution in [0.25, 0.3) is 0 Å². The van der Waals surface area contributed by atoms with Gasteiger partial charge in [0.1, 0.15) is 12.1 Å². The molecule has 1 atom stereocenters. The van der Waals surface area contributed by atoms with Crippen molar-refractivity contribution in [2.75, 3.05) is 13.1 Å². The van der Waals surface area contributed by atoms with Crippen molar-refractivity contribution in [3.8, 4) is 0 Å². The van der Waals surface area contributed by atoms with Crippen LogP contribution < -0.4 is 10.6 Å². The number of urea groups is 1. The highest BCUT2D eigenvalue weighted by atomic mass is 35.5. The van der Waals surface area contributed by atoms with Crippen LogP contribution in [-0.2, 0) is 20.5 Å². The van der Waals surface area contributed by atoms with Crippen LogP contribution in [0.15, 0.2) is 54.6 Å². The summed E-state index contributed by atoms with van der Waals surface area (Å²) in [4.78, 5) is 38.8. The summed E-state index contributed by atoms with van der Waals surface area (Å²) >= 11 is 5.91. The monoisotopic (exact) mass is 411 g/mol. The molecule has 2 fully saturated rings. The van der Waals surface area contributed by atoms with E-state index in [2.05, 4.69) is 22.8 Å². The number of carbonyl (C=O) groups is 3. The molecule has 0 bridgehead atoms. The third kappa shape index (κ3) is 3.60. The third-order valence-corrected chi connectivity index (χ3v) is 6.11. The Labute approximate surface area is 174 Å². The fourth-order valence-corrected chi connectivity index (χ4v) is 3.92. The van der Waals surface area contributed by atoms with Crippen LogP contribution in [0.4, 0.5) is 4.79 Å². The van der Waals surface area contributed by atoms with Gasteiger partial charge in [-0.3, -0.25) is 14.5 Å². The molecule has 150 valence electrons.